The number of fused-ring (bicyclic) bond motifs is 1. The molecule has 0 radical (unpaired) electrons. The summed E-state index contributed by atoms with van der Waals surface area (Å²) in [6.45, 7) is 5.94. The first-order chi connectivity index (χ1) is 10.8. The first-order valence-corrected chi connectivity index (χ1v) is 7.38. The van der Waals surface area contributed by atoms with Gasteiger partial charge < -0.3 is 26.1 Å². The number of nitrogen functional groups attached to an aromatic ring is 1. The number of nitrogens with one attached hydrogen (secondary N) is 3. The molecule has 1 aromatic carbocycles. The molecule has 124 valence electrons. The highest BCUT2D eigenvalue weighted by molar-refractivity contribution is 6.00. The van der Waals surface area contributed by atoms with E-state index in [4.69, 9.17) is 10.5 Å². The quantitative estimate of drug-likeness (QED) is 0.510. The van der Waals surface area contributed by atoms with Crippen molar-refractivity contribution in [2.24, 2.45) is 0 Å². The summed E-state index contributed by atoms with van der Waals surface area (Å²) in [5, 5.41) is 6.17. The molecule has 0 spiro atoms. The predicted octanol–water partition coefficient (Wildman–Crippen LogP) is 2.00. The number of alkyl carbamates (subject to hydrolysis) is 1. The van der Waals surface area contributed by atoms with Crippen molar-refractivity contribution < 1.29 is 14.3 Å². The van der Waals surface area contributed by atoms with Gasteiger partial charge in [0.2, 0.25) is 0 Å². The van der Waals surface area contributed by atoms with Crippen LogP contribution in [-0.2, 0) is 4.74 Å². The second-order valence-corrected chi connectivity index (χ2v) is 6.18. The van der Waals surface area contributed by atoms with Crippen LogP contribution in [0.5, 0.6) is 0 Å². The fourth-order valence-corrected chi connectivity index (χ4v) is 2.05. The van der Waals surface area contributed by atoms with Crippen LogP contribution in [0, 0.1) is 0 Å². The molecule has 5 N–H and O–H groups in total. The molecular formula is C16H22N4O3. The number of nitrogens with two attached hydrogens (primary N) is 1. The molecular weight excluding hydrogens is 296 g/mol. The molecule has 0 saturated heterocycles. The average molecular weight is 318 g/mol. The van der Waals surface area contributed by atoms with E-state index in [9.17, 15) is 9.59 Å². The third kappa shape index (κ3) is 4.64. The topological polar surface area (TPSA) is 109 Å². The lowest BCUT2D eigenvalue weighted by Crippen LogP contribution is -2.37. The Kier molecular flexibility index (Phi) is 4.78. The highest BCUT2D eigenvalue weighted by atomic mass is 16.6. The normalized spacial score (nSPS) is 11.3. The number of amides is 2. The van der Waals surface area contributed by atoms with E-state index in [-0.39, 0.29) is 12.5 Å². The monoisotopic (exact) mass is 318 g/mol. The summed E-state index contributed by atoms with van der Waals surface area (Å²) >= 11 is 0. The molecule has 7 nitrogen and oxygen atoms in total. The number of hydrogen-bond donors (Lipinski definition) is 4. The summed E-state index contributed by atoms with van der Waals surface area (Å²) in [6, 6.07) is 7.22. The summed E-state index contributed by atoms with van der Waals surface area (Å²) in [5.41, 5.74) is 7.06. The van der Waals surface area contributed by atoms with Crippen LogP contribution in [-0.4, -0.2) is 35.7 Å². The summed E-state index contributed by atoms with van der Waals surface area (Å²) in [6.07, 6.45) is -0.509. The molecule has 0 saturated carbocycles. The zero-order valence-corrected chi connectivity index (χ0v) is 13.5. The minimum Gasteiger partial charge on any atom is -0.444 e. The smallest absolute Gasteiger partial charge is 0.407 e. The Morgan fingerprint density at radius 2 is 1.91 bits per heavy atom. The Balaban J connectivity index is 1.83. The number of aromatic nitrogens is 1. The number of rotatable bonds is 4. The summed E-state index contributed by atoms with van der Waals surface area (Å²) in [5.74, 6) is -0.258. The molecule has 0 bridgehead atoms. The standard InChI is InChI=1S/C16H22N4O3/c1-16(2,3)23-15(22)19-8-7-18-14(21)12-9-10-5-4-6-11(17)13(10)20-12/h4-6,9,20H,7-8,17H2,1-3H3,(H,18,21)(H,19,22). The van der Waals surface area contributed by atoms with Crippen molar-refractivity contribution in [2.75, 3.05) is 18.8 Å². The van der Waals surface area contributed by atoms with Crippen molar-refractivity contribution in [3.05, 3.63) is 30.0 Å². The van der Waals surface area contributed by atoms with Crippen LogP contribution in [0.25, 0.3) is 10.9 Å². The molecule has 0 aliphatic carbocycles. The minimum absolute atomic E-state index is 0.258. The van der Waals surface area contributed by atoms with Crippen molar-refractivity contribution >= 4 is 28.6 Å². The Bertz CT molecular complexity index is 716. The van der Waals surface area contributed by atoms with Gasteiger partial charge in [-0.1, -0.05) is 12.1 Å². The van der Waals surface area contributed by atoms with Crippen molar-refractivity contribution in [3.63, 3.8) is 0 Å². The van der Waals surface area contributed by atoms with Crippen LogP contribution in [0.2, 0.25) is 0 Å². The maximum absolute atomic E-state index is 12.1. The number of benzene rings is 1. The zero-order chi connectivity index (χ0) is 17.0. The van der Waals surface area contributed by atoms with Gasteiger partial charge in [0.25, 0.3) is 5.91 Å². The molecule has 23 heavy (non-hydrogen) atoms. The van der Waals surface area contributed by atoms with E-state index in [0.29, 0.717) is 17.9 Å². The lowest BCUT2D eigenvalue weighted by atomic mass is 10.2. The lowest BCUT2D eigenvalue weighted by Gasteiger charge is -2.19. The van der Waals surface area contributed by atoms with Gasteiger partial charge >= 0.3 is 6.09 Å². The van der Waals surface area contributed by atoms with E-state index in [1.807, 2.05) is 12.1 Å². The van der Waals surface area contributed by atoms with Gasteiger partial charge in [-0.25, -0.2) is 4.79 Å². The molecule has 0 aliphatic rings. The molecule has 0 aliphatic heterocycles. The van der Waals surface area contributed by atoms with Gasteiger partial charge in [-0.05, 0) is 32.9 Å². The number of carbonyl (C=O) groups excluding carboxylic acids is 2. The molecule has 2 aromatic rings. The van der Waals surface area contributed by atoms with Crippen LogP contribution in [0.4, 0.5) is 10.5 Å². The van der Waals surface area contributed by atoms with Crippen molar-refractivity contribution in [1.82, 2.24) is 15.6 Å². The molecule has 2 rings (SSSR count). The molecule has 1 heterocycles. The highest BCUT2D eigenvalue weighted by Crippen LogP contribution is 2.20. The Morgan fingerprint density at radius 3 is 2.57 bits per heavy atom. The number of hydrogen-bond acceptors (Lipinski definition) is 4. The van der Waals surface area contributed by atoms with Crippen LogP contribution in [0.3, 0.4) is 0 Å². The minimum atomic E-state index is -0.544. The van der Waals surface area contributed by atoms with E-state index in [2.05, 4.69) is 15.6 Å². The lowest BCUT2D eigenvalue weighted by molar-refractivity contribution is 0.0526. The first kappa shape index (κ1) is 16.7. The van der Waals surface area contributed by atoms with E-state index in [1.54, 1.807) is 32.9 Å². The third-order valence-corrected chi connectivity index (χ3v) is 3.01. The van der Waals surface area contributed by atoms with Crippen LogP contribution in [0.1, 0.15) is 31.3 Å². The first-order valence-electron chi connectivity index (χ1n) is 7.38. The van der Waals surface area contributed by atoms with E-state index >= 15 is 0 Å². The van der Waals surface area contributed by atoms with Crippen LogP contribution >= 0.6 is 0 Å². The van der Waals surface area contributed by atoms with Gasteiger partial charge in [0.1, 0.15) is 11.3 Å². The van der Waals surface area contributed by atoms with E-state index in [1.165, 1.54) is 0 Å². The number of carbonyl (C=O) groups is 2. The van der Waals surface area contributed by atoms with Gasteiger partial charge in [0, 0.05) is 18.5 Å². The number of aromatic amines is 1. The van der Waals surface area contributed by atoms with Crippen LogP contribution < -0.4 is 16.4 Å². The molecule has 0 fully saturated rings. The van der Waals surface area contributed by atoms with E-state index in [0.717, 1.165) is 10.9 Å². The van der Waals surface area contributed by atoms with Crippen molar-refractivity contribution in [1.29, 1.82) is 0 Å². The third-order valence-electron chi connectivity index (χ3n) is 3.01. The summed E-state index contributed by atoms with van der Waals surface area (Å²) in [4.78, 5) is 26.5. The molecule has 0 unspecified atom stereocenters. The second kappa shape index (κ2) is 6.60. The summed E-state index contributed by atoms with van der Waals surface area (Å²) in [7, 11) is 0. The Hall–Kier alpha value is -2.70. The van der Waals surface area contributed by atoms with Gasteiger partial charge in [0.05, 0.1) is 11.2 Å². The molecule has 0 atom stereocenters. The fraction of sp³-hybridized carbons (Fsp3) is 0.375. The number of para-hydroxylation sites is 1. The van der Waals surface area contributed by atoms with Gasteiger partial charge in [0.15, 0.2) is 0 Å². The van der Waals surface area contributed by atoms with E-state index < -0.39 is 11.7 Å². The van der Waals surface area contributed by atoms with Gasteiger partial charge in [-0.3, -0.25) is 4.79 Å². The predicted molar refractivity (Wildman–Crippen MR) is 89.3 cm³/mol. The number of H-pyrrole nitrogens is 1. The molecule has 2 amide bonds. The largest absolute Gasteiger partial charge is 0.444 e. The average Bonchev–Trinajstić information content (AvgIpc) is 2.87. The Morgan fingerprint density at radius 1 is 1.22 bits per heavy atom. The molecule has 7 heteroatoms. The highest BCUT2D eigenvalue weighted by Gasteiger charge is 2.15. The van der Waals surface area contributed by atoms with Gasteiger partial charge in [-0.15, -0.1) is 0 Å². The number of ether oxygens (including phenoxy) is 1. The molecule has 1 aromatic heterocycles. The van der Waals surface area contributed by atoms with Crippen LogP contribution in [0.15, 0.2) is 24.3 Å². The van der Waals surface area contributed by atoms with Gasteiger partial charge in [-0.2, -0.15) is 0 Å². The number of anilines is 1. The summed E-state index contributed by atoms with van der Waals surface area (Å²) < 4.78 is 5.10. The maximum atomic E-state index is 12.1. The maximum Gasteiger partial charge on any atom is 0.407 e. The van der Waals surface area contributed by atoms with Crippen molar-refractivity contribution in [3.8, 4) is 0 Å². The zero-order valence-electron chi connectivity index (χ0n) is 13.5. The Labute approximate surface area is 134 Å². The van der Waals surface area contributed by atoms with Crippen molar-refractivity contribution in [2.45, 2.75) is 26.4 Å². The fourth-order valence-electron chi connectivity index (χ4n) is 2.05. The SMILES string of the molecule is CC(C)(C)OC(=O)NCCNC(=O)c1cc2cccc(N)c2[nH]1. The second-order valence-electron chi connectivity index (χ2n) is 6.18.